The first-order chi connectivity index (χ1) is 11.6. The second kappa shape index (κ2) is 5.91. The zero-order valence-electron chi connectivity index (χ0n) is 14.4. The van der Waals surface area contributed by atoms with Gasteiger partial charge in [-0.05, 0) is 25.5 Å². The molecule has 1 atom stereocenters. The Labute approximate surface area is 141 Å². The lowest BCUT2D eigenvalue weighted by Crippen LogP contribution is -2.39. The van der Waals surface area contributed by atoms with Gasteiger partial charge < -0.3 is 9.64 Å². The van der Waals surface area contributed by atoms with E-state index in [0.29, 0.717) is 6.61 Å². The molecule has 1 saturated heterocycles. The predicted molar refractivity (Wildman–Crippen MR) is 95.3 cm³/mol. The number of benzene rings is 1. The van der Waals surface area contributed by atoms with Crippen LogP contribution in [0.5, 0.6) is 0 Å². The molecule has 1 aliphatic heterocycles. The average molecular weight is 322 g/mol. The van der Waals surface area contributed by atoms with E-state index in [2.05, 4.69) is 42.0 Å². The normalized spacial score (nSPS) is 18.3. The van der Waals surface area contributed by atoms with Crippen molar-refractivity contribution in [2.45, 2.75) is 20.0 Å². The molecule has 2 aromatic heterocycles. The van der Waals surface area contributed by atoms with Crippen LogP contribution in [0.25, 0.3) is 10.9 Å². The van der Waals surface area contributed by atoms with Gasteiger partial charge in [0.25, 0.3) is 0 Å². The van der Waals surface area contributed by atoms with Crippen molar-refractivity contribution in [3.05, 3.63) is 53.5 Å². The van der Waals surface area contributed by atoms with Gasteiger partial charge in [-0.2, -0.15) is 5.10 Å². The van der Waals surface area contributed by atoms with Crippen LogP contribution in [0.3, 0.4) is 0 Å². The zero-order chi connectivity index (χ0) is 16.7. The Balaban J connectivity index is 1.75. The van der Waals surface area contributed by atoms with Gasteiger partial charge in [0.2, 0.25) is 0 Å². The molecule has 1 unspecified atom stereocenters. The minimum absolute atomic E-state index is 0.0547. The largest absolute Gasteiger partial charge is 0.370 e. The summed E-state index contributed by atoms with van der Waals surface area (Å²) in [6.07, 6.45) is 3.99. The molecule has 24 heavy (non-hydrogen) atoms. The lowest BCUT2D eigenvalue weighted by atomic mass is 10.0. The summed E-state index contributed by atoms with van der Waals surface area (Å²) in [6, 6.07) is 8.38. The van der Waals surface area contributed by atoms with Crippen LogP contribution in [0, 0.1) is 13.8 Å². The van der Waals surface area contributed by atoms with Gasteiger partial charge >= 0.3 is 0 Å². The molecule has 3 heterocycles. The number of morpholine rings is 1. The second-order valence-corrected chi connectivity index (χ2v) is 6.44. The van der Waals surface area contributed by atoms with Crippen LogP contribution >= 0.6 is 0 Å². The molecule has 0 aliphatic carbocycles. The summed E-state index contributed by atoms with van der Waals surface area (Å²) in [5, 5.41) is 5.49. The summed E-state index contributed by atoms with van der Waals surface area (Å²) >= 11 is 0. The fourth-order valence-corrected chi connectivity index (χ4v) is 3.48. The SMILES string of the molecule is Cc1nc2ccccc2c(N2CCOC(c3cnn(C)c3)C2)c1C. The van der Waals surface area contributed by atoms with Crippen LogP contribution in [-0.4, -0.2) is 34.5 Å². The van der Waals surface area contributed by atoms with Crippen LogP contribution in [0.15, 0.2) is 36.7 Å². The van der Waals surface area contributed by atoms with E-state index in [9.17, 15) is 0 Å². The van der Waals surface area contributed by atoms with Gasteiger partial charge in [0.15, 0.2) is 0 Å². The summed E-state index contributed by atoms with van der Waals surface area (Å²) in [5.41, 5.74) is 5.82. The van der Waals surface area contributed by atoms with E-state index in [-0.39, 0.29) is 6.10 Å². The number of aromatic nitrogens is 3. The Kier molecular flexibility index (Phi) is 3.73. The first-order valence-corrected chi connectivity index (χ1v) is 8.34. The Morgan fingerprint density at radius 2 is 2.04 bits per heavy atom. The molecule has 4 rings (SSSR count). The van der Waals surface area contributed by atoms with Crippen molar-refractivity contribution in [1.82, 2.24) is 14.8 Å². The average Bonchev–Trinajstić information content (AvgIpc) is 3.03. The minimum atomic E-state index is 0.0547. The number of ether oxygens (including phenoxy) is 1. The first-order valence-electron chi connectivity index (χ1n) is 8.34. The monoisotopic (exact) mass is 322 g/mol. The summed E-state index contributed by atoms with van der Waals surface area (Å²) in [4.78, 5) is 7.18. The molecule has 0 spiro atoms. The number of hydrogen-bond acceptors (Lipinski definition) is 4. The molecule has 1 aromatic carbocycles. The third-order valence-electron chi connectivity index (χ3n) is 4.82. The number of para-hydroxylation sites is 1. The summed E-state index contributed by atoms with van der Waals surface area (Å²) in [6.45, 7) is 6.70. The second-order valence-electron chi connectivity index (χ2n) is 6.44. The van der Waals surface area contributed by atoms with E-state index >= 15 is 0 Å². The molecule has 124 valence electrons. The summed E-state index contributed by atoms with van der Waals surface area (Å²) < 4.78 is 7.83. The van der Waals surface area contributed by atoms with Gasteiger partial charge in [-0.1, -0.05) is 18.2 Å². The van der Waals surface area contributed by atoms with Gasteiger partial charge in [0.05, 0.1) is 24.0 Å². The molecule has 1 aliphatic rings. The smallest absolute Gasteiger partial charge is 0.103 e. The van der Waals surface area contributed by atoms with Gasteiger partial charge in [-0.3, -0.25) is 9.67 Å². The minimum Gasteiger partial charge on any atom is -0.370 e. The number of pyridine rings is 1. The quantitative estimate of drug-likeness (QED) is 0.727. The molecule has 3 aromatic rings. The highest BCUT2D eigenvalue weighted by molar-refractivity contribution is 5.93. The first kappa shape index (κ1) is 15.1. The fourth-order valence-electron chi connectivity index (χ4n) is 3.48. The van der Waals surface area contributed by atoms with Gasteiger partial charge in [-0.25, -0.2) is 0 Å². The number of anilines is 1. The van der Waals surface area contributed by atoms with Gasteiger partial charge in [-0.15, -0.1) is 0 Å². The standard InChI is InChI=1S/C19H22N4O/c1-13-14(2)21-17-7-5-4-6-16(17)19(13)23-8-9-24-18(12-23)15-10-20-22(3)11-15/h4-7,10-11,18H,8-9,12H2,1-3H3. The Bertz CT molecular complexity index is 886. The topological polar surface area (TPSA) is 43.2 Å². The lowest BCUT2D eigenvalue weighted by molar-refractivity contribution is 0.0398. The van der Waals surface area contributed by atoms with Crippen molar-refractivity contribution < 1.29 is 4.74 Å². The van der Waals surface area contributed by atoms with Crippen LogP contribution in [0.1, 0.15) is 22.9 Å². The van der Waals surface area contributed by atoms with E-state index in [0.717, 1.165) is 29.9 Å². The van der Waals surface area contributed by atoms with Crippen LogP contribution in [0.4, 0.5) is 5.69 Å². The van der Waals surface area contributed by atoms with Crippen molar-refractivity contribution in [2.75, 3.05) is 24.6 Å². The van der Waals surface area contributed by atoms with E-state index < -0.39 is 0 Å². The zero-order valence-corrected chi connectivity index (χ0v) is 14.4. The Hall–Kier alpha value is -2.40. The molecule has 0 N–H and O–H groups in total. The molecule has 5 nitrogen and oxygen atoms in total. The maximum atomic E-state index is 6.00. The van der Waals surface area contributed by atoms with Crippen molar-refractivity contribution in [3.8, 4) is 0 Å². The highest BCUT2D eigenvalue weighted by Crippen LogP contribution is 2.34. The van der Waals surface area contributed by atoms with E-state index in [1.165, 1.54) is 16.6 Å². The van der Waals surface area contributed by atoms with Crippen molar-refractivity contribution in [1.29, 1.82) is 0 Å². The molecule has 0 bridgehead atoms. The Morgan fingerprint density at radius 3 is 2.83 bits per heavy atom. The Morgan fingerprint density at radius 1 is 1.21 bits per heavy atom. The molecule has 0 radical (unpaired) electrons. The number of fused-ring (bicyclic) bond motifs is 1. The van der Waals surface area contributed by atoms with Crippen LogP contribution in [-0.2, 0) is 11.8 Å². The van der Waals surface area contributed by atoms with Crippen LogP contribution in [0.2, 0.25) is 0 Å². The molecule has 1 fully saturated rings. The van der Waals surface area contributed by atoms with Gasteiger partial charge in [0, 0.05) is 43.0 Å². The predicted octanol–water partition coefficient (Wildman–Crippen LogP) is 3.16. The van der Waals surface area contributed by atoms with Gasteiger partial charge in [0.1, 0.15) is 6.10 Å². The van der Waals surface area contributed by atoms with E-state index in [4.69, 9.17) is 9.72 Å². The van der Waals surface area contributed by atoms with Crippen LogP contribution < -0.4 is 4.90 Å². The maximum Gasteiger partial charge on any atom is 0.103 e. The molecular formula is C19H22N4O. The fraction of sp³-hybridized carbons (Fsp3) is 0.368. The number of nitrogens with zero attached hydrogens (tertiary/aromatic N) is 4. The lowest BCUT2D eigenvalue weighted by Gasteiger charge is -2.36. The highest BCUT2D eigenvalue weighted by atomic mass is 16.5. The molecular weight excluding hydrogens is 300 g/mol. The maximum absolute atomic E-state index is 6.00. The highest BCUT2D eigenvalue weighted by Gasteiger charge is 2.26. The number of rotatable bonds is 2. The van der Waals surface area contributed by atoms with Crippen molar-refractivity contribution in [2.24, 2.45) is 7.05 Å². The summed E-state index contributed by atoms with van der Waals surface area (Å²) in [7, 11) is 1.94. The molecule has 0 amide bonds. The molecule has 0 saturated carbocycles. The number of hydrogen-bond donors (Lipinski definition) is 0. The van der Waals surface area contributed by atoms with Crippen molar-refractivity contribution >= 4 is 16.6 Å². The van der Waals surface area contributed by atoms with E-state index in [1.807, 2.05) is 30.2 Å². The molecule has 5 heteroatoms. The number of aryl methyl sites for hydroxylation is 2. The third-order valence-corrected chi connectivity index (χ3v) is 4.82. The summed E-state index contributed by atoms with van der Waals surface area (Å²) in [5.74, 6) is 0. The van der Waals surface area contributed by atoms with E-state index in [1.54, 1.807) is 0 Å². The van der Waals surface area contributed by atoms with Crippen molar-refractivity contribution in [3.63, 3.8) is 0 Å². The third kappa shape index (κ3) is 2.55.